The predicted octanol–water partition coefficient (Wildman–Crippen LogP) is 1.46. The van der Waals surface area contributed by atoms with Crippen molar-refractivity contribution in [1.82, 2.24) is 15.3 Å². The molecule has 6 heteroatoms. The highest BCUT2D eigenvalue weighted by Crippen LogP contribution is 2.11. The molecule has 2 rings (SSSR count). The van der Waals surface area contributed by atoms with Crippen molar-refractivity contribution in [2.45, 2.75) is 6.54 Å². The van der Waals surface area contributed by atoms with Crippen LogP contribution in [0.1, 0.15) is 15.9 Å². The molecule has 0 saturated carbocycles. The third-order valence-corrected chi connectivity index (χ3v) is 2.75. The highest BCUT2D eigenvalue weighted by molar-refractivity contribution is 5.98. The summed E-state index contributed by atoms with van der Waals surface area (Å²) in [5.41, 5.74) is 1.43. The molecule has 6 nitrogen and oxygen atoms in total. The van der Waals surface area contributed by atoms with E-state index in [-0.39, 0.29) is 5.91 Å². The third-order valence-electron chi connectivity index (χ3n) is 2.75. The Labute approximate surface area is 117 Å². The number of rotatable bonds is 5. The van der Waals surface area contributed by atoms with Gasteiger partial charge in [-0.15, -0.1) is 0 Å². The largest absolute Gasteiger partial charge is 0.481 e. The Bertz CT molecular complexity index is 601. The summed E-state index contributed by atoms with van der Waals surface area (Å²) >= 11 is 0. The van der Waals surface area contributed by atoms with Crippen molar-refractivity contribution in [2.24, 2.45) is 0 Å². The highest BCUT2D eigenvalue weighted by Gasteiger charge is 2.10. The first kappa shape index (κ1) is 13.8. The summed E-state index contributed by atoms with van der Waals surface area (Å²) in [5, 5.41) is 5.73. The van der Waals surface area contributed by atoms with Crippen molar-refractivity contribution >= 4 is 11.7 Å². The van der Waals surface area contributed by atoms with E-state index in [2.05, 4.69) is 20.6 Å². The molecule has 0 aliphatic carbocycles. The van der Waals surface area contributed by atoms with Gasteiger partial charge in [0, 0.05) is 32.1 Å². The smallest absolute Gasteiger partial charge is 0.255 e. The summed E-state index contributed by atoms with van der Waals surface area (Å²) < 4.78 is 5.04. The Hall–Kier alpha value is -2.63. The van der Waals surface area contributed by atoms with Gasteiger partial charge in [-0.25, -0.2) is 9.97 Å². The Morgan fingerprint density at radius 1 is 1.30 bits per heavy atom. The van der Waals surface area contributed by atoms with Gasteiger partial charge in [-0.1, -0.05) is 0 Å². The fourth-order valence-electron chi connectivity index (χ4n) is 1.74. The zero-order valence-electron chi connectivity index (χ0n) is 11.4. The molecular weight excluding hydrogens is 256 g/mol. The van der Waals surface area contributed by atoms with Crippen LogP contribution in [0.3, 0.4) is 0 Å². The number of hydrogen-bond donors (Lipinski definition) is 2. The van der Waals surface area contributed by atoms with Crippen LogP contribution in [-0.2, 0) is 6.54 Å². The summed E-state index contributed by atoms with van der Waals surface area (Å²) in [6, 6.07) is 7.06. The van der Waals surface area contributed by atoms with Crippen LogP contribution in [0.2, 0.25) is 0 Å². The summed E-state index contributed by atoms with van der Waals surface area (Å²) in [4.78, 5) is 20.2. The minimum atomic E-state index is -0.182. The number of ether oxygens (including phenoxy) is 1. The number of hydrogen-bond acceptors (Lipinski definition) is 5. The molecule has 0 radical (unpaired) electrons. The van der Waals surface area contributed by atoms with E-state index in [4.69, 9.17) is 4.74 Å². The van der Waals surface area contributed by atoms with Gasteiger partial charge in [0.25, 0.3) is 5.91 Å². The number of nitrogens with zero attached hydrogens (tertiary/aromatic N) is 2. The molecule has 1 amide bonds. The van der Waals surface area contributed by atoms with Crippen LogP contribution < -0.4 is 15.4 Å². The summed E-state index contributed by atoms with van der Waals surface area (Å²) in [6.07, 6.45) is 3.28. The molecule has 0 atom stereocenters. The fraction of sp³-hybridized carbons (Fsp3) is 0.214. The van der Waals surface area contributed by atoms with Crippen molar-refractivity contribution in [3.05, 3.63) is 47.8 Å². The first-order valence-electron chi connectivity index (χ1n) is 6.14. The molecular formula is C14H16N4O2. The van der Waals surface area contributed by atoms with E-state index < -0.39 is 0 Å². The lowest BCUT2D eigenvalue weighted by Gasteiger charge is -2.09. The molecule has 0 aliphatic rings. The van der Waals surface area contributed by atoms with E-state index in [0.29, 0.717) is 23.8 Å². The number of nitrogens with one attached hydrogen (secondary N) is 2. The lowest BCUT2D eigenvalue weighted by atomic mass is 10.2. The van der Waals surface area contributed by atoms with Crippen LogP contribution in [0.15, 0.2) is 36.7 Å². The van der Waals surface area contributed by atoms with Crippen molar-refractivity contribution in [1.29, 1.82) is 0 Å². The lowest BCUT2D eigenvalue weighted by molar-refractivity contribution is 0.0951. The molecule has 0 fully saturated rings. The van der Waals surface area contributed by atoms with Crippen molar-refractivity contribution < 1.29 is 9.53 Å². The summed E-state index contributed by atoms with van der Waals surface area (Å²) in [6.45, 7) is 0.399. The standard InChI is InChI=1S/C14H16N4O2/c1-15-13-11(4-3-6-17-13)14(19)18-9-10-5-7-16-12(8-10)20-2/h3-8H,9H2,1-2H3,(H,15,17)(H,18,19). The fourth-order valence-corrected chi connectivity index (χ4v) is 1.74. The molecule has 0 aromatic carbocycles. The Morgan fingerprint density at radius 3 is 2.90 bits per heavy atom. The lowest BCUT2D eigenvalue weighted by Crippen LogP contribution is -2.24. The van der Waals surface area contributed by atoms with E-state index >= 15 is 0 Å². The average molecular weight is 272 g/mol. The molecule has 2 aromatic heterocycles. The normalized spacial score (nSPS) is 9.90. The van der Waals surface area contributed by atoms with E-state index in [1.165, 1.54) is 0 Å². The maximum atomic E-state index is 12.1. The van der Waals surface area contributed by atoms with Crippen LogP contribution in [0.25, 0.3) is 0 Å². The molecule has 104 valence electrons. The van der Waals surface area contributed by atoms with Crippen LogP contribution in [-0.4, -0.2) is 30.0 Å². The second-order valence-corrected chi connectivity index (χ2v) is 4.04. The number of aromatic nitrogens is 2. The van der Waals surface area contributed by atoms with Crippen LogP contribution in [0.5, 0.6) is 5.88 Å². The first-order valence-corrected chi connectivity index (χ1v) is 6.14. The van der Waals surface area contributed by atoms with Gasteiger partial charge >= 0.3 is 0 Å². The van der Waals surface area contributed by atoms with E-state index in [1.807, 2.05) is 6.07 Å². The SMILES string of the molecule is CNc1ncccc1C(=O)NCc1ccnc(OC)c1. The maximum Gasteiger partial charge on any atom is 0.255 e. The monoisotopic (exact) mass is 272 g/mol. The second-order valence-electron chi connectivity index (χ2n) is 4.04. The molecule has 0 spiro atoms. The molecule has 0 unspecified atom stereocenters. The molecule has 0 bridgehead atoms. The van der Waals surface area contributed by atoms with Gasteiger partial charge < -0.3 is 15.4 Å². The summed E-state index contributed by atoms with van der Waals surface area (Å²) in [7, 11) is 3.28. The van der Waals surface area contributed by atoms with Gasteiger partial charge in [-0.3, -0.25) is 4.79 Å². The van der Waals surface area contributed by atoms with Crippen LogP contribution in [0.4, 0.5) is 5.82 Å². The van der Waals surface area contributed by atoms with E-state index in [9.17, 15) is 4.79 Å². The number of carbonyl (C=O) groups is 1. The zero-order valence-corrected chi connectivity index (χ0v) is 11.4. The average Bonchev–Trinajstić information content (AvgIpc) is 2.52. The minimum Gasteiger partial charge on any atom is -0.481 e. The van der Waals surface area contributed by atoms with Gasteiger partial charge in [0.1, 0.15) is 5.82 Å². The second kappa shape index (κ2) is 6.51. The predicted molar refractivity (Wildman–Crippen MR) is 75.7 cm³/mol. The minimum absolute atomic E-state index is 0.182. The first-order chi connectivity index (χ1) is 9.74. The molecule has 2 heterocycles. The molecule has 2 aromatic rings. The Balaban J connectivity index is 2.04. The number of amides is 1. The number of pyridine rings is 2. The van der Waals surface area contributed by atoms with E-state index in [1.54, 1.807) is 44.8 Å². The molecule has 2 N–H and O–H groups in total. The third kappa shape index (κ3) is 3.23. The van der Waals surface area contributed by atoms with Crippen LogP contribution in [0, 0.1) is 0 Å². The molecule has 0 saturated heterocycles. The molecule has 20 heavy (non-hydrogen) atoms. The molecule has 0 aliphatic heterocycles. The van der Waals surface area contributed by atoms with E-state index in [0.717, 1.165) is 5.56 Å². The van der Waals surface area contributed by atoms with Crippen molar-refractivity contribution in [2.75, 3.05) is 19.5 Å². The Morgan fingerprint density at radius 2 is 2.15 bits per heavy atom. The highest BCUT2D eigenvalue weighted by atomic mass is 16.5. The van der Waals surface area contributed by atoms with Crippen LogP contribution >= 0.6 is 0 Å². The van der Waals surface area contributed by atoms with Gasteiger partial charge in [-0.05, 0) is 23.8 Å². The topological polar surface area (TPSA) is 76.1 Å². The Kier molecular flexibility index (Phi) is 4.49. The van der Waals surface area contributed by atoms with Crippen molar-refractivity contribution in [3.63, 3.8) is 0 Å². The van der Waals surface area contributed by atoms with Gasteiger partial charge in [-0.2, -0.15) is 0 Å². The summed E-state index contributed by atoms with van der Waals surface area (Å²) in [5.74, 6) is 0.893. The number of methoxy groups -OCH3 is 1. The zero-order chi connectivity index (χ0) is 14.4. The van der Waals surface area contributed by atoms with Gasteiger partial charge in [0.2, 0.25) is 5.88 Å². The number of anilines is 1. The quantitative estimate of drug-likeness (QED) is 0.861. The maximum absolute atomic E-state index is 12.1. The number of carbonyl (C=O) groups excluding carboxylic acids is 1. The van der Waals surface area contributed by atoms with Crippen molar-refractivity contribution in [3.8, 4) is 5.88 Å². The van der Waals surface area contributed by atoms with Gasteiger partial charge in [0.15, 0.2) is 0 Å². The van der Waals surface area contributed by atoms with Gasteiger partial charge in [0.05, 0.1) is 12.7 Å².